The molecule has 3 heteroatoms. The molecule has 1 N–H and O–H groups in total. The van der Waals surface area contributed by atoms with E-state index in [9.17, 15) is 9.90 Å². The Morgan fingerprint density at radius 2 is 1.50 bits per heavy atom. The van der Waals surface area contributed by atoms with Crippen molar-refractivity contribution in [2.75, 3.05) is 6.61 Å². The summed E-state index contributed by atoms with van der Waals surface area (Å²) in [6.07, 6.45) is 19.8. The highest BCUT2D eigenvalue weighted by Crippen LogP contribution is 2.12. The van der Waals surface area contributed by atoms with Gasteiger partial charge in [-0.15, -0.1) is 0 Å². The molecule has 3 nitrogen and oxygen atoms in total. The summed E-state index contributed by atoms with van der Waals surface area (Å²) in [6.45, 7) is 4.50. The van der Waals surface area contributed by atoms with Gasteiger partial charge in [-0.2, -0.15) is 0 Å². The van der Waals surface area contributed by atoms with Crippen LogP contribution >= 0.6 is 0 Å². The molecule has 0 rings (SSSR count). The van der Waals surface area contributed by atoms with Crippen LogP contribution in [0.3, 0.4) is 0 Å². The molecule has 1 atom stereocenters. The molecule has 0 aliphatic heterocycles. The minimum Gasteiger partial charge on any atom is -0.466 e. The molecule has 0 fully saturated rings. The maximum atomic E-state index is 11.2. The van der Waals surface area contributed by atoms with Crippen molar-refractivity contribution >= 4 is 5.97 Å². The highest BCUT2D eigenvalue weighted by molar-refractivity contribution is 5.69. The topological polar surface area (TPSA) is 46.5 Å². The Bertz CT molecular complexity index is 299. The van der Waals surface area contributed by atoms with Crippen LogP contribution in [-0.4, -0.2) is 23.8 Å². The second-order valence-corrected chi connectivity index (χ2v) is 6.66. The van der Waals surface area contributed by atoms with Gasteiger partial charge in [0.1, 0.15) is 0 Å². The fraction of sp³-hybridized carbons (Fsp3) is 0.857. The van der Waals surface area contributed by atoms with E-state index in [-0.39, 0.29) is 12.1 Å². The van der Waals surface area contributed by atoms with Gasteiger partial charge in [-0.3, -0.25) is 4.79 Å². The Morgan fingerprint density at radius 3 is 2.08 bits per heavy atom. The predicted molar refractivity (Wildman–Crippen MR) is 102 cm³/mol. The van der Waals surface area contributed by atoms with Crippen molar-refractivity contribution in [1.29, 1.82) is 0 Å². The van der Waals surface area contributed by atoms with Gasteiger partial charge in [0.05, 0.1) is 12.7 Å². The van der Waals surface area contributed by atoms with E-state index in [1.165, 1.54) is 44.9 Å². The highest BCUT2D eigenvalue weighted by atomic mass is 16.5. The Labute approximate surface area is 149 Å². The number of carbonyl (C=O) groups is 1. The number of hydrogen-bond acceptors (Lipinski definition) is 3. The van der Waals surface area contributed by atoms with Gasteiger partial charge >= 0.3 is 5.97 Å². The molecule has 0 radical (unpaired) electrons. The molecule has 24 heavy (non-hydrogen) atoms. The minimum absolute atomic E-state index is 0.0515. The van der Waals surface area contributed by atoms with Gasteiger partial charge < -0.3 is 9.84 Å². The second kappa shape index (κ2) is 18.5. The van der Waals surface area contributed by atoms with Crippen LogP contribution in [-0.2, 0) is 9.53 Å². The maximum absolute atomic E-state index is 11.2. The molecular weight excluding hydrogens is 300 g/mol. The fourth-order valence-electron chi connectivity index (χ4n) is 2.76. The zero-order valence-corrected chi connectivity index (χ0v) is 16.1. The molecule has 0 saturated heterocycles. The summed E-state index contributed by atoms with van der Waals surface area (Å²) in [5, 5.41) is 9.69. The van der Waals surface area contributed by atoms with Crippen LogP contribution in [0.1, 0.15) is 104 Å². The highest BCUT2D eigenvalue weighted by Gasteiger charge is 2.00. The minimum atomic E-state index is -0.242. The van der Waals surface area contributed by atoms with Gasteiger partial charge in [0.2, 0.25) is 0 Å². The van der Waals surface area contributed by atoms with Crippen molar-refractivity contribution in [3.63, 3.8) is 0 Å². The van der Waals surface area contributed by atoms with Crippen LogP contribution in [0.4, 0.5) is 0 Å². The van der Waals surface area contributed by atoms with Gasteiger partial charge in [-0.05, 0) is 32.6 Å². The van der Waals surface area contributed by atoms with E-state index in [0.29, 0.717) is 13.0 Å². The zero-order chi connectivity index (χ0) is 17.9. The monoisotopic (exact) mass is 340 g/mol. The van der Waals surface area contributed by atoms with Crippen molar-refractivity contribution in [2.24, 2.45) is 0 Å². The third-order valence-electron chi connectivity index (χ3n) is 4.27. The number of rotatable bonds is 17. The van der Waals surface area contributed by atoms with E-state index in [1.54, 1.807) is 0 Å². The summed E-state index contributed by atoms with van der Waals surface area (Å²) in [5.74, 6) is -0.0515. The van der Waals surface area contributed by atoms with Crippen LogP contribution in [0.2, 0.25) is 0 Å². The predicted octanol–water partition coefficient (Wildman–Crippen LogP) is 5.95. The molecule has 0 heterocycles. The average Bonchev–Trinajstić information content (AvgIpc) is 2.57. The first-order valence-corrected chi connectivity index (χ1v) is 10.2. The van der Waals surface area contributed by atoms with Crippen molar-refractivity contribution in [1.82, 2.24) is 0 Å². The van der Waals surface area contributed by atoms with Crippen molar-refractivity contribution in [3.05, 3.63) is 12.2 Å². The van der Waals surface area contributed by atoms with Crippen LogP contribution in [0.5, 0.6) is 0 Å². The van der Waals surface area contributed by atoms with E-state index in [2.05, 4.69) is 13.0 Å². The number of aliphatic hydroxyl groups excluding tert-OH is 1. The first kappa shape index (κ1) is 23.2. The fourth-order valence-corrected chi connectivity index (χ4v) is 2.76. The maximum Gasteiger partial charge on any atom is 0.305 e. The van der Waals surface area contributed by atoms with Gasteiger partial charge in [0, 0.05) is 6.42 Å². The molecule has 0 spiro atoms. The molecule has 0 amide bonds. The molecule has 0 aliphatic rings. The Morgan fingerprint density at radius 1 is 0.917 bits per heavy atom. The van der Waals surface area contributed by atoms with E-state index < -0.39 is 0 Å². The van der Waals surface area contributed by atoms with Crippen LogP contribution in [0.15, 0.2) is 12.2 Å². The van der Waals surface area contributed by atoms with Gasteiger partial charge in [-0.25, -0.2) is 0 Å². The largest absolute Gasteiger partial charge is 0.466 e. The smallest absolute Gasteiger partial charge is 0.305 e. The molecule has 0 saturated carbocycles. The Hall–Kier alpha value is -0.830. The quantitative estimate of drug-likeness (QED) is 0.202. The normalized spacial score (nSPS) is 12.6. The van der Waals surface area contributed by atoms with Gasteiger partial charge in [-0.1, -0.05) is 76.9 Å². The van der Waals surface area contributed by atoms with Crippen molar-refractivity contribution in [2.45, 2.75) is 110 Å². The number of esters is 1. The molecule has 0 unspecified atom stereocenters. The molecular formula is C21H40O3. The molecule has 0 aromatic rings. The van der Waals surface area contributed by atoms with Crippen molar-refractivity contribution < 1.29 is 14.6 Å². The standard InChI is InChI=1S/C21H40O3/c1-3-5-17-20(22)18-15-13-11-9-7-6-8-10-12-14-16-19-21(23)24-4-2/h15,18,20,22H,3-14,16-17,19H2,1-2H3/b18-15-/t20-/m1/s1. The summed E-state index contributed by atoms with van der Waals surface area (Å²) in [6, 6.07) is 0. The Kier molecular flexibility index (Phi) is 17.9. The molecule has 0 aromatic heterocycles. The van der Waals surface area contributed by atoms with E-state index in [4.69, 9.17) is 4.74 Å². The first-order valence-electron chi connectivity index (χ1n) is 10.2. The van der Waals surface area contributed by atoms with Gasteiger partial charge in [0.15, 0.2) is 0 Å². The SMILES string of the molecule is CCCC[C@@H](O)/C=C\CCCCCCCCCCCC(=O)OCC. The van der Waals surface area contributed by atoms with E-state index in [1.807, 2.05) is 13.0 Å². The number of allylic oxidation sites excluding steroid dienone is 1. The lowest BCUT2D eigenvalue weighted by Crippen LogP contribution is -2.03. The molecule has 0 bridgehead atoms. The molecule has 142 valence electrons. The summed E-state index contributed by atoms with van der Waals surface area (Å²) < 4.78 is 4.91. The lowest BCUT2D eigenvalue weighted by atomic mass is 10.1. The number of unbranched alkanes of at least 4 members (excludes halogenated alkanes) is 10. The molecule has 0 aromatic carbocycles. The molecule has 0 aliphatic carbocycles. The Balaban J connectivity index is 3.20. The van der Waals surface area contributed by atoms with E-state index >= 15 is 0 Å². The third kappa shape index (κ3) is 17.5. The second-order valence-electron chi connectivity index (χ2n) is 6.66. The van der Waals surface area contributed by atoms with Crippen LogP contribution in [0.25, 0.3) is 0 Å². The van der Waals surface area contributed by atoms with Crippen LogP contribution < -0.4 is 0 Å². The van der Waals surface area contributed by atoms with E-state index in [0.717, 1.165) is 38.5 Å². The average molecular weight is 341 g/mol. The number of ether oxygens (including phenoxy) is 1. The summed E-state index contributed by atoms with van der Waals surface area (Å²) >= 11 is 0. The lowest BCUT2D eigenvalue weighted by Gasteiger charge is -2.04. The summed E-state index contributed by atoms with van der Waals surface area (Å²) in [7, 11) is 0. The third-order valence-corrected chi connectivity index (χ3v) is 4.27. The van der Waals surface area contributed by atoms with Crippen molar-refractivity contribution in [3.8, 4) is 0 Å². The van der Waals surface area contributed by atoms with Crippen LogP contribution in [0, 0.1) is 0 Å². The lowest BCUT2D eigenvalue weighted by molar-refractivity contribution is -0.143. The number of hydrogen-bond donors (Lipinski definition) is 1. The summed E-state index contributed by atoms with van der Waals surface area (Å²) in [4.78, 5) is 11.2. The number of carbonyl (C=O) groups excluding carboxylic acids is 1. The first-order chi connectivity index (χ1) is 11.7. The van der Waals surface area contributed by atoms with Gasteiger partial charge in [0.25, 0.3) is 0 Å². The number of aliphatic hydroxyl groups is 1. The zero-order valence-electron chi connectivity index (χ0n) is 16.1. The summed E-state index contributed by atoms with van der Waals surface area (Å²) in [5.41, 5.74) is 0.